The van der Waals surface area contributed by atoms with Crippen LogP contribution >= 0.6 is 23.1 Å². The van der Waals surface area contributed by atoms with Gasteiger partial charge in [0.1, 0.15) is 11.6 Å². The molecule has 0 atom stereocenters. The molecule has 0 unspecified atom stereocenters. The van der Waals surface area contributed by atoms with Crippen molar-refractivity contribution < 1.29 is 4.74 Å². The first-order valence-corrected chi connectivity index (χ1v) is 9.35. The van der Waals surface area contributed by atoms with Crippen molar-refractivity contribution in [1.82, 2.24) is 14.3 Å². The quantitative estimate of drug-likeness (QED) is 0.808. The molecule has 2 heterocycles. The maximum Gasteiger partial charge on any atom is 0.205 e. The lowest BCUT2D eigenvalue weighted by molar-refractivity contribution is 0.246. The molecule has 5 nitrogen and oxygen atoms in total. The van der Waals surface area contributed by atoms with Crippen LogP contribution in [-0.2, 0) is 6.54 Å². The lowest BCUT2D eigenvalue weighted by atomic mass is 10.1. The minimum absolute atomic E-state index is 0.381. The number of piperazine rings is 1. The third-order valence-corrected chi connectivity index (χ3v) is 5.25. The Morgan fingerprint density at radius 1 is 1.25 bits per heavy atom. The molecule has 0 N–H and O–H groups in total. The van der Waals surface area contributed by atoms with E-state index in [-0.39, 0.29) is 0 Å². The molecule has 7 heteroatoms. The van der Waals surface area contributed by atoms with E-state index in [9.17, 15) is 0 Å². The normalized spacial score (nSPS) is 16.0. The molecule has 1 fully saturated rings. The van der Waals surface area contributed by atoms with Gasteiger partial charge < -0.3 is 9.64 Å². The second-order valence-corrected chi connectivity index (χ2v) is 7.48. The Morgan fingerprint density at radius 3 is 2.62 bits per heavy atom. The standard InChI is InChI=1S/C17H23ClN4OS/c1-12(2)16-19-17(24-20-16)22-8-6-21(7-9-22)11-13-10-14(18)4-5-15(13)23-3/h4-5,10,12H,6-9,11H2,1-3H3. The van der Waals surface area contributed by atoms with Crippen LogP contribution < -0.4 is 9.64 Å². The molecule has 130 valence electrons. The third-order valence-electron chi connectivity index (χ3n) is 4.23. The number of aromatic nitrogens is 2. The highest BCUT2D eigenvalue weighted by atomic mass is 35.5. The Labute approximate surface area is 152 Å². The highest BCUT2D eigenvalue weighted by Gasteiger charge is 2.21. The second-order valence-electron chi connectivity index (χ2n) is 6.31. The van der Waals surface area contributed by atoms with Gasteiger partial charge in [-0.2, -0.15) is 4.37 Å². The molecule has 24 heavy (non-hydrogen) atoms. The van der Waals surface area contributed by atoms with Gasteiger partial charge in [-0.3, -0.25) is 4.90 Å². The van der Waals surface area contributed by atoms with Gasteiger partial charge in [-0.25, -0.2) is 4.98 Å². The van der Waals surface area contributed by atoms with E-state index in [0.29, 0.717) is 5.92 Å². The van der Waals surface area contributed by atoms with Crippen LogP contribution in [0.1, 0.15) is 31.2 Å². The molecule has 3 rings (SSSR count). The largest absolute Gasteiger partial charge is 0.496 e. The van der Waals surface area contributed by atoms with Gasteiger partial charge in [0.05, 0.1) is 7.11 Å². The molecule has 0 aliphatic carbocycles. The van der Waals surface area contributed by atoms with Crippen LogP contribution in [0, 0.1) is 0 Å². The minimum Gasteiger partial charge on any atom is -0.496 e. The van der Waals surface area contributed by atoms with Crippen LogP contribution in [0.3, 0.4) is 0 Å². The van der Waals surface area contributed by atoms with Gasteiger partial charge in [-0.05, 0) is 18.2 Å². The molecule has 1 aliphatic heterocycles. The molecule has 1 aromatic heterocycles. The zero-order valence-corrected chi connectivity index (χ0v) is 15.9. The van der Waals surface area contributed by atoms with Gasteiger partial charge in [-0.1, -0.05) is 25.4 Å². The lowest BCUT2D eigenvalue weighted by Gasteiger charge is -2.34. The predicted molar refractivity (Wildman–Crippen MR) is 99.5 cm³/mol. The number of ether oxygens (including phenoxy) is 1. The second kappa shape index (κ2) is 7.68. The molecule has 0 radical (unpaired) electrons. The molecular formula is C17H23ClN4OS. The maximum absolute atomic E-state index is 6.13. The van der Waals surface area contributed by atoms with Gasteiger partial charge in [0.25, 0.3) is 0 Å². The van der Waals surface area contributed by atoms with E-state index in [4.69, 9.17) is 16.3 Å². The van der Waals surface area contributed by atoms with Crippen LogP contribution in [0.5, 0.6) is 5.75 Å². The zero-order valence-electron chi connectivity index (χ0n) is 14.3. The molecular weight excluding hydrogens is 344 g/mol. The first-order chi connectivity index (χ1) is 11.6. The van der Waals surface area contributed by atoms with Crippen molar-refractivity contribution in [3.8, 4) is 5.75 Å². The van der Waals surface area contributed by atoms with E-state index in [2.05, 4.69) is 33.0 Å². The SMILES string of the molecule is COc1ccc(Cl)cc1CN1CCN(c2nc(C(C)C)ns2)CC1. The van der Waals surface area contributed by atoms with Crippen LogP contribution in [0.25, 0.3) is 0 Å². The average molecular weight is 367 g/mol. The summed E-state index contributed by atoms with van der Waals surface area (Å²) in [6, 6.07) is 5.79. The molecule has 1 saturated heterocycles. The Kier molecular flexibility index (Phi) is 5.58. The van der Waals surface area contributed by atoms with Crippen molar-refractivity contribution in [3.05, 3.63) is 34.6 Å². The smallest absolute Gasteiger partial charge is 0.205 e. The Bertz CT molecular complexity index is 683. The van der Waals surface area contributed by atoms with Gasteiger partial charge in [0.2, 0.25) is 5.13 Å². The summed E-state index contributed by atoms with van der Waals surface area (Å²) in [5.41, 5.74) is 1.14. The summed E-state index contributed by atoms with van der Waals surface area (Å²) in [5, 5.41) is 1.79. The number of nitrogens with zero attached hydrogens (tertiary/aromatic N) is 4. The van der Waals surface area contributed by atoms with E-state index >= 15 is 0 Å². The fourth-order valence-corrected chi connectivity index (χ4v) is 3.85. The number of hydrogen-bond acceptors (Lipinski definition) is 6. The van der Waals surface area contributed by atoms with Crippen molar-refractivity contribution in [1.29, 1.82) is 0 Å². The van der Waals surface area contributed by atoms with Crippen LogP contribution in [-0.4, -0.2) is 47.5 Å². The first kappa shape index (κ1) is 17.5. The fourth-order valence-electron chi connectivity index (χ4n) is 2.80. The number of benzene rings is 1. The summed E-state index contributed by atoms with van der Waals surface area (Å²) >= 11 is 7.63. The van der Waals surface area contributed by atoms with Crippen molar-refractivity contribution >= 4 is 28.3 Å². The van der Waals surface area contributed by atoms with Crippen LogP contribution in [0.4, 0.5) is 5.13 Å². The monoisotopic (exact) mass is 366 g/mol. The maximum atomic E-state index is 6.13. The number of rotatable bonds is 5. The summed E-state index contributed by atoms with van der Waals surface area (Å²) < 4.78 is 9.90. The minimum atomic E-state index is 0.381. The van der Waals surface area contributed by atoms with Gasteiger partial charge in [0.15, 0.2) is 0 Å². The Balaban J connectivity index is 1.60. The summed E-state index contributed by atoms with van der Waals surface area (Å²) in [7, 11) is 1.70. The summed E-state index contributed by atoms with van der Waals surface area (Å²) in [6.45, 7) is 9.03. The number of halogens is 1. The van der Waals surface area contributed by atoms with Crippen molar-refractivity contribution in [2.24, 2.45) is 0 Å². The molecule has 0 bridgehead atoms. The number of methoxy groups -OCH3 is 1. The van der Waals surface area contributed by atoms with Gasteiger partial charge in [0, 0.05) is 60.8 Å². The van der Waals surface area contributed by atoms with Crippen molar-refractivity contribution in [2.75, 3.05) is 38.2 Å². The van der Waals surface area contributed by atoms with E-state index in [1.54, 1.807) is 7.11 Å². The topological polar surface area (TPSA) is 41.5 Å². The number of anilines is 1. The van der Waals surface area contributed by atoms with E-state index < -0.39 is 0 Å². The van der Waals surface area contributed by atoms with E-state index in [1.807, 2.05) is 18.2 Å². The van der Waals surface area contributed by atoms with Crippen LogP contribution in [0.2, 0.25) is 5.02 Å². The zero-order chi connectivity index (χ0) is 17.1. The lowest BCUT2D eigenvalue weighted by Crippen LogP contribution is -2.46. The van der Waals surface area contributed by atoms with E-state index in [0.717, 1.165) is 60.0 Å². The number of hydrogen-bond donors (Lipinski definition) is 0. The molecule has 0 saturated carbocycles. The average Bonchev–Trinajstić information content (AvgIpc) is 3.06. The van der Waals surface area contributed by atoms with Crippen molar-refractivity contribution in [3.63, 3.8) is 0 Å². The summed E-state index contributed by atoms with van der Waals surface area (Å²) in [5.74, 6) is 2.22. The third kappa shape index (κ3) is 3.99. The van der Waals surface area contributed by atoms with Gasteiger partial charge in [-0.15, -0.1) is 0 Å². The molecule has 1 aliphatic rings. The molecule has 1 aromatic carbocycles. The molecule has 0 amide bonds. The summed E-state index contributed by atoms with van der Waals surface area (Å²) in [6.07, 6.45) is 0. The summed E-state index contributed by atoms with van der Waals surface area (Å²) in [4.78, 5) is 9.41. The highest BCUT2D eigenvalue weighted by Crippen LogP contribution is 2.26. The highest BCUT2D eigenvalue weighted by molar-refractivity contribution is 7.09. The molecule has 2 aromatic rings. The van der Waals surface area contributed by atoms with Gasteiger partial charge >= 0.3 is 0 Å². The van der Waals surface area contributed by atoms with E-state index in [1.165, 1.54) is 11.5 Å². The molecule has 0 spiro atoms. The Morgan fingerprint density at radius 2 is 2.00 bits per heavy atom. The Hall–Kier alpha value is -1.37. The first-order valence-electron chi connectivity index (χ1n) is 8.20. The van der Waals surface area contributed by atoms with Crippen LogP contribution in [0.15, 0.2) is 18.2 Å². The predicted octanol–water partition coefficient (Wildman–Crippen LogP) is 3.65. The fraction of sp³-hybridized carbons (Fsp3) is 0.529. The van der Waals surface area contributed by atoms with Crippen molar-refractivity contribution in [2.45, 2.75) is 26.3 Å².